The lowest BCUT2D eigenvalue weighted by Gasteiger charge is -2.22. The molecule has 0 aromatic heterocycles. The molecule has 1 saturated heterocycles. The van der Waals surface area contributed by atoms with Crippen molar-refractivity contribution in [3.05, 3.63) is 33.8 Å². The fraction of sp³-hybridized carbons (Fsp3) is 0.462. The molecule has 1 aromatic carbocycles. The van der Waals surface area contributed by atoms with Gasteiger partial charge in [0, 0.05) is 17.1 Å². The average Bonchev–Trinajstić information content (AvgIpc) is 2.74. The second-order valence-electron chi connectivity index (χ2n) is 4.89. The van der Waals surface area contributed by atoms with Crippen LogP contribution in [0.2, 0.25) is 0 Å². The molecule has 104 valence electrons. The Morgan fingerprint density at radius 1 is 1.47 bits per heavy atom. The predicted octanol–water partition coefficient (Wildman–Crippen LogP) is 2.54. The van der Waals surface area contributed by atoms with Crippen molar-refractivity contribution in [1.29, 1.82) is 0 Å². The van der Waals surface area contributed by atoms with Crippen LogP contribution in [0.25, 0.3) is 0 Å². The normalized spacial score (nSPS) is 22.9. The Labute approximate surface area is 118 Å². The second-order valence-corrected chi connectivity index (χ2v) is 5.74. The summed E-state index contributed by atoms with van der Waals surface area (Å²) < 4.78 is 26.6. The SMILES string of the molecule is CC1CC(CN)CN1C(=O)c1cc(F)c(F)cc1Br. The zero-order chi connectivity index (χ0) is 14.2. The summed E-state index contributed by atoms with van der Waals surface area (Å²) in [6, 6.07) is 1.97. The maximum absolute atomic E-state index is 13.3. The van der Waals surface area contributed by atoms with Crippen LogP contribution in [0.1, 0.15) is 23.7 Å². The number of hydrogen-bond acceptors (Lipinski definition) is 2. The molecule has 2 atom stereocenters. The minimum atomic E-state index is -1.02. The van der Waals surface area contributed by atoms with Crippen molar-refractivity contribution in [2.45, 2.75) is 19.4 Å². The summed E-state index contributed by atoms with van der Waals surface area (Å²) in [6.45, 7) is 3.01. The van der Waals surface area contributed by atoms with E-state index in [9.17, 15) is 13.6 Å². The molecule has 0 aliphatic carbocycles. The van der Waals surface area contributed by atoms with Gasteiger partial charge in [-0.05, 0) is 53.9 Å². The first-order valence-electron chi connectivity index (χ1n) is 6.09. The number of nitrogens with zero attached hydrogens (tertiary/aromatic N) is 1. The van der Waals surface area contributed by atoms with Crippen LogP contribution in [0, 0.1) is 17.6 Å². The van der Waals surface area contributed by atoms with Crippen LogP contribution < -0.4 is 5.73 Å². The summed E-state index contributed by atoms with van der Waals surface area (Å²) >= 11 is 3.10. The van der Waals surface area contributed by atoms with E-state index in [1.165, 1.54) is 0 Å². The number of benzene rings is 1. The van der Waals surface area contributed by atoms with E-state index < -0.39 is 11.6 Å². The van der Waals surface area contributed by atoms with Gasteiger partial charge in [-0.1, -0.05) is 0 Å². The molecule has 0 saturated carbocycles. The van der Waals surface area contributed by atoms with Crippen LogP contribution >= 0.6 is 15.9 Å². The molecule has 1 aromatic rings. The van der Waals surface area contributed by atoms with Crippen LogP contribution in [0.4, 0.5) is 8.78 Å². The molecule has 0 bridgehead atoms. The molecule has 1 heterocycles. The van der Waals surface area contributed by atoms with Crippen molar-refractivity contribution >= 4 is 21.8 Å². The lowest BCUT2D eigenvalue weighted by atomic mass is 10.1. The lowest BCUT2D eigenvalue weighted by molar-refractivity contribution is 0.0742. The minimum Gasteiger partial charge on any atom is -0.336 e. The lowest BCUT2D eigenvalue weighted by Crippen LogP contribution is -2.34. The van der Waals surface area contributed by atoms with Crippen molar-refractivity contribution in [2.24, 2.45) is 11.7 Å². The van der Waals surface area contributed by atoms with E-state index in [2.05, 4.69) is 15.9 Å². The third kappa shape index (κ3) is 2.79. The molecular weight excluding hydrogens is 318 g/mol. The largest absolute Gasteiger partial charge is 0.336 e. The number of rotatable bonds is 2. The Kier molecular flexibility index (Phi) is 4.20. The van der Waals surface area contributed by atoms with Gasteiger partial charge in [-0.15, -0.1) is 0 Å². The monoisotopic (exact) mass is 332 g/mol. The number of amides is 1. The predicted molar refractivity (Wildman–Crippen MR) is 71.7 cm³/mol. The number of halogens is 3. The standard InChI is InChI=1S/C13H15BrF2N2O/c1-7-2-8(5-17)6-18(7)13(19)9-3-11(15)12(16)4-10(9)14/h3-4,7-8H,2,5-6,17H2,1H3. The van der Waals surface area contributed by atoms with Crippen LogP contribution in [-0.4, -0.2) is 29.9 Å². The van der Waals surface area contributed by atoms with E-state index in [1.807, 2.05) is 6.92 Å². The van der Waals surface area contributed by atoms with E-state index in [1.54, 1.807) is 4.90 Å². The van der Waals surface area contributed by atoms with Crippen molar-refractivity contribution in [1.82, 2.24) is 4.90 Å². The van der Waals surface area contributed by atoms with E-state index in [0.717, 1.165) is 18.6 Å². The maximum atomic E-state index is 13.3. The third-order valence-corrected chi connectivity index (χ3v) is 4.15. The zero-order valence-corrected chi connectivity index (χ0v) is 12.1. The summed E-state index contributed by atoms with van der Waals surface area (Å²) in [6.07, 6.45) is 0.837. The highest BCUT2D eigenvalue weighted by Crippen LogP contribution is 2.28. The average molecular weight is 333 g/mol. The van der Waals surface area contributed by atoms with Gasteiger partial charge >= 0.3 is 0 Å². The van der Waals surface area contributed by atoms with Crippen LogP contribution in [-0.2, 0) is 0 Å². The van der Waals surface area contributed by atoms with E-state index >= 15 is 0 Å². The molecule has 2 unspecified atom stereocenters. The van der Waals surface area contributed by atoms with E-state index in [-0.39, 0.29) is 27.9 Å². The van der Waals surface area contributed by atoms with E-state index in [4.69, 9.17) is 5.73 Å². The summed E-state index contributed by atoms with van der Waals surface area (Å²) in [5, 5.41) is 0. The first-order chi connectivity index (χ1) is 8.93. The number of carbonyl (C=O) groups is 1. The molecule has 0 spiro atoms. The highest BCUT2D eigenvalue weighted by atomic mass is 79.9. The number of likely N-dealkylation sites (tertiary alicyclic amines) is 1. The minimum absolute atomic E-state index is 0.0565. The third-order valence-electron chi connectivity index (χ3n) is 3.50. The van der Waals surface area contributed by atoms with Gasteiger partial charge in [-0.25, -0.2) is 8.78 Å². The molecule has 19 heavy (non-hydrogen) atoms. The van der Waals surface area contributed by atoms with Gasteiger partial charge < -0.3 is 10.6 Å². The van der Waals surface area contributed by atoms with Gasteiger partial charge in [0.1, 0.15) is 0 Å². The molecule has 1 fully saturated rings. The number of hydrogen-bond donors (Lipinski definition) is 1. The van der Waals surface area contributed by atoms with Gasteiger partial charge in [0.25, 0.3) is 5.91 Å². The van der Waals surface area contributed by atoms with Gasteiger partial charge in [-0.3, -0.25) is 4.79 Å². The Bertz CT molecular complexity index is 510. The Balaban J connectivity index is 2.27. The molecule has 6 heteroatoms. The molecular formula is C13H15BrF2N2O. The summed E-state index contributed by atoms with van der Waals surface area (Å²) in [7, 11) is 0. The molecule has 2 rings (SSSR count). The van der Waals surface area contributed by atoms with Crippen LogP contribution in [0.5, 0.6) is 0 Å². The zero-order valence-electron chi connectivity index (χ0n) is 10.5. The molecule has 1 amide bonds. The summed E-state index contributed by atoms with van der Waals surface area (Å²) in [5.41, 5.74) is 5.76. The molecule has 1 aliphatic rings. The Morgan fingerprint density at radius 3 is 2.68 bits per heavy atom. The highest BCUT2D eigenvalue weighted by molar-refractivity contribution is 9.10. The van der Waals surface area contributed by atoms with E-state index in [0.29, 0.717) is 13.1 Å². The summed E-state index contributed by atoms with van der Waals surface area (Å²) in [4.78, 5) is 14.0. The molecule has 3 nitrogen and oxygen atoms in total. The van der Waals surface area contributed by atoms with Crippen molar-refractivity contribution in [2.75, 3.05) is 13.1 Å². The van der Waals surface area contributed by atoms with Gasteiger partial charge in [-0.2, -0.15) is 0 Å². The number of nitrogens with two attached hydrogens (primary N) is 1. The quantitative estimate of drug-likeness (QED) is 0.846. The topological polar surface area (TPSA) is 46.3 Å². The van der Waals surface area contributed by atoms with Crippen LogP contribution in [0.3, 0.4) is 0 Å². The summed E-state index contributed by atoms with van der Waals surface area (Å²) in [5.74, 6) is -2.02. The van der Waals surface area contributed by atoms with Gasteiger partial charge in [0.15, 0.2) is 11.6 Å². The fourth-order valence-corrected chi connectivity index (χ4v) is 2.92. The fourth-order valence-electron chi connectivity index (χ4n) is 2.44. The first-order valence-corrected chi connectivity index (χ1v) is 6.89. The second kappa shape index (κ2) is 5.54. The Hall–Kier alpha value is -1.01. The van der Waals surface area contributed by atoms with Gasteiger partial charge in [0.05, 0.1) is 5.56 Å². The highest BCUT2D eigenvalue weighted by Gasteiger charge is 2.33. The Morgan fingerprint density at radius 2 is 2.11 bits per heavy atom. The maximum Gasteiger partial charge on any atom is 0.255 e. The van der Waals surface area contributed by atoms with Crippen molar-refractivity contribution in [3.63, 3.8) is 0 Å². The smallest absolute Gasteiger partial charge is 0.255 e. The van der Waals surface area contributed by atoms with Crippen molar-refractivity contribution < 1.29 is 13.6 Å². The first kappa shape index (κ1) is 14.4. The number of carbonyl (C=O) groups excluding carboxylic acids is 1. The van der Waals surface area contributed by atoms with Crippen LogP contribution in [0.15, 0.2) is 16.6 Å². The van der Waals surface area contributed by atoms with Gasteiger partial charge in [0.2, 0.25) is 0 Å². The molecule has 2 N–H and O–H groups in total. The van der Waals surface area contributed by atoms with Crippen molar-refractivity contribution in [3.8, 4) is 0 Å². The molecule has 0 radical (unpaired) electrons. The molecule has 1 aliphatic heterocycles.